The lowest BCUT2D eigenvalue weighted by molar-refractivity contribution is -0.111. The van der Waals surface area contributed by atoms with Gasteiger partial charge in [0.25, 0.3) is 0 Å². The molecule has 82 valence electrons. The number of Topliss-reactive ketones (excluding diaryl/α,β-unsaturated/α-hetero) is 1. The van der Waals surface area contributed by atoms with Crippen molar-refractivity contribution in [2.75, 3.05) is 0 Å². The summed E-state index contributed by atoms with van der Waals surface area (Å²) in [6, 6.07) is 0. The summed E-state index contributed by atoms with van der Waals surface area (Å²) in [7, 11) is 0. The number of carbonyl (C=O) groups excluding carboxylic acids is 1. The number of rotatable bonds is 2. The molecular weight excluding hydrogens is 282 g/mol. The van der Waals surface area contributed by atoms with Crippen molar-refractivity contribution in [3.8, 4) is 0 Å². The second-order valence-corrected chi connectivity index (χ2v) is 4.45. The van der Waals surface area contributed by atoms with Gasteiger partial charge in [-0.05, 0) is 0 Å². The normalized spacial score (nSPS) is 21.0. The molecule has 0 spiro atoms. The summed E-state index contributed by atoms with van der Waals surface area (Å²) in [5.74, 6) is -0.693. The van der Waals surface area contributed by atoms with Crippen LogP contribution in [0, 0.1) is 0 Å². The summed E-state index contributed by atoms with van der Waals surface area (Å²) in [5, 5.41) is 8.98. The van der Waals surface area contributed by atoms with Crippen molar-refractivity contribution in [3.05, 3.63) is 32.8 Å². The maximum atomic E-state index is 11.4. The van der Waals surface area contributed by atoms with Gasteiger partial charge in [0.15, 0.2) is 0 Å². The lowest BCUT2D eigenvalue weighted by Gasteiger charge is -2.30. The fourth-order valence-electron chi connectivity index (χ4n) is 1.14. The monoisotopic (exact) mass is 286 g/mol. The minimum absolute atomic E-state index is 0.0182. The summed E-state index contributed by atoms with van der Waals surface area (Å²) in [5.41, 5.74) is -1.74. The second kappa shape index (κ2) is 4.48. The molecule has 1 aliphatic rings. The van der Waals surface area contributed by atoms with E-state index in [1.807, 2.05) is 0 Å². The van der Waals surface area contributed by atoms with Gasteiger partial charge in [0, 0.05) is 6.42 Å². The van der Waals surface area contributed by atoms with Crippen LogP contribution in [0.2, 0.25) is 0 Å². The molecule has 0 aromatic carbocycles. The molecule has 0 bridgehead atoms. The summed E-state index contributed by atoms with van der Waals surface area (Å²) < 4.78 is 0. The van der Waals surface area contributed by atoms with Crippen LogP contribution in [-0.2, 0) is 4.79 Å². The minimum atomic E-state index is -1.74. The first-order chi connectivity index (χ1) is 6.86. The molecule has 1 N–H and O–H groups in total. The molecule has 2 nitrogen and oxygen atoms in total. The van der Waals surface area contributed by atoms with Crippen molar-refractivity contribution in [2.24, 2.45) is 0 Å². The number of halogens is 4. The van der Waals surface area contributed by atoms with Gasteiger partial charge in [-0.1, -0.05) is 52.5 Å². The van der Waals surface area contributed by atoms with E-state index in [1.165, 1.54) is 6.08 Å². The largest absolute Gasteiger partial charge is 0.378 e. The van der Waals surface area contributed by atoms with E-state index in [2.05, 4.69) is 6.58 Å². The van der Waals surface area contributed by atoms with Crippen molar-refractivity contribution >= 4 is 52.2 Å². The van der Waals surface area contributed by atoms with Crippen molar-refractivity contribution in [1.82, 2.24) is 0 Å². The van der Waals surface area contributed by atoms with Crippen LogP contribution in [0.4, 0.5) is 0 Å². The lowest BCUT2D eigenvalue weighted by Crippen LogP contribution is -2.34. The quantitative estimate of drug-likeness (QED) is 0.792. The highest BCUT2D eigenvalue weighted by Gasteiger charge is 2.43. The summed E-state index contributed by atoms with van der Waals surface area (Å²) in [6.45, 7) is 3.44. The Labute approximate surface area is 107 Å². The van der Waals surface area contributed by atoms with Gasteiger partial charge < -0.3 is 5.11 Å². The highest BCUT2D eigenvalue weighted by atomic mass is 35.5. The SMILES string of the molecule is C=CCC1(O)C(Cl)=C(Cl)C(=O)C(Cl)=C1Cl. The van der Waals surface area contributed by atoms with Crippen LogP contribution in [0.5, 0.6) is 0 Å². The number of hydrogen-bond acceptors (Lipinski definition) is 2. The van der Waals surface area contributed by atoms with E-state index in [9.17, 15) is 9.90 Å². The molecular formula is C9H6Cl4O2. The Bertz CT molecular complexity index is 367. The molecule has 0 fully saturated rings. The van der Waals surface area contributed by atoms with E-state index in [0.29, 0.717) is 0 Å². The van der Waals surface area contributed by atoms with Crippen LogP contribution in [0.15, 0.2) is 32.8 Å². The van der Waals surface area contributed by atoms with Crippen LogP contribution in [0.25, 0.3) is 0 Å². The molecule has 0 amide bonds. The Morgan fingerprint density at radius 3 is 1.93 bits per heavy atom. The number of hydrogen-bond donors (Lipinski definition) is 1. The molecule has 0 radical (unpaired) electrons. The molecule has 1 aliphatic carbocycles. The summed E-state index contributed by atoms with van der Waals surface area (Å²) in [4.78, 5) is 11.4. The van der Waals surface area contributed by atoms with Crippen molar-refractivity contribution in [2.45, 2.75) is 12.0 Å². The van der Waals surface area contributed by atoms with Crippen molar-refractivity contribution in [3.63, 3.8) is 0 Å². The standard InChI is InChI=1S/C9H6Cl4O2/c1-2-3-9(15)7(12)4(10)6(14)5(11)8(9)13/h2,15H,1,3H2. The first-order valence-electron chi connectivity index (χ1n) is 3.85. The lowest BCUT2D eigenvalue weighted by atomic mass is 9.93. The second-order valence-electron chi connectivity index (χ2n) is 2.94. The highest BCUT2D eigenvalue weighted by molar-refractivity contribution is 6.61. The van der Waals surface area contributed by atoms with Gasteiger partial charge in [0.2, 0.25) is 5.78 Å². The highest BCUT2D eigenvalue weighted by Crippen LogP contribution is 2.44. The van der Waals surface area contributed by atoms with Crippen LogP contribution >= 0.6 is 46.4 Å². The zero-order valence-electron chi connectivity index (χ0n) is 7.36. The van der Waals surface area contributed by atoms with Gasteiger partial charge in [-0.2, -0.15) is 0 Å². The maximum Gasteiger partial charge on any atom is 0.218 e. The molecule has 0 aliphatic heterocycles. The molecule has 0 heterocycles. The average Bonchev–Trinajstić information content (AvgIpc) is 2.22. The van der Waals surface area contributed by atoms with Gasteiger partial charge >= 0.3 is 0 Å². The molecule has 0 saturated heterocycles. The third-order valence-electron chi connectivity index (χ3n) is 1.95. The van der Waals surface area contributed by atoms with Crippen LogP contribution in [0.3, 0.4) is 0 Å². The molecule has 0 aromatic heterocycles. The molecule has 0 saturated carbocycles. The average molecular weight is 288 g/mol. The summed E-state index contributed by atoms with van der Waals surface area (Å²) >= 11 is 22.8. The fourth-order valence-corrected chi connectivity index (χ4v) is 2.26. The molecule has 1 rings (SSSR count). The van der Waals surface area contributed by atoms with Gasteiger partial charge in [-0.25, -0.2) is 0 Å². The van der Waals surface area contributed by atoms with Crippen LogP contribution in [0.1, 0.15) is 6.42 Å². The van der Waals surface area contributed by atoms with E-state index < -0.39 is 11.4 Å². The first-order valence-corrected chi connectivity index (χ1v) is 5.37. The summed E-state index contributed by atoms with van der Waals surface area (Å²) in [6.07, 6.45) is 1.42. The zero-order chi connectivity index (χ0) is 11.8. The maximum absolute atomic E-state index is 11.4. The number of ketones is 1. The Hall–Kier alpha value is 0.01000. The van der Waals surface area contributed by atoms with Gasteiger partial charge in [-0.3, -0.25) is 4.79 Å². The topological polar surface area (TPSA) is 37.3 Å². The molecule has 0 atom stereocenters. The molecule has 0 aromatic rings. The van der Waals surface area contributed by atoms with Gasteiger partial charge in [-0.15, -0.1) is 6.58 Å². The van der Waals surface area contributed by atoms with Gasteiger partial charge in [0.05, 0.1) is 10.1 Å². The van der Waals surface area contributed by atoms with E-state index in [1.54, 1.807) is 0 Å². The minimum Gasteiger partial charge on any atom is -0.378 e. The Morgan fingerprint density at radius 1 is 1.20 bits per heavy atom. The first kappa shape index (κ1) is 13.1. The Kier molecular flexibility index (Phi) is 3.90. The predicted molar refractivity (Wildman–Crippen MR) is 62.2 cm³/mol. The van der Waals surface area contributed by atoms with E-state index in [-0.39, 0.29) is 26.5 Å². The van der Waals surface area contributed by atoms with Crippen LogP contribution in [-0.4, -0.2) is 16.5 Å². The molecule has 6 heteroatoms. The Morgan fingerprint density at radius 2 is 1.60 bits per heavy atom. The van der Waals surface area contributed by atoms with E-state index >= 15 is 0 Å². The van der Waals surface area contributed by atoms with E-state index in [0.717, 1.165) is 0 Å². The fraction of sp³-hybridized carbons (Fsp3) is 0.222. The predicted octanol–water partition coefficient (Wildman–Crippen LogP) is 3.25. The Balaban J connectivity index is 3.39. The zero-order valence-corrected chi connectivity index (χ0v) is 10.4. The molecule has 15 heavy (non-hydrogen) atoms. The third-order valence-corrected chi connectivity index (χ3v) is 3.87. The van der Waals surface area contributed by atoms with E-state index in [4.69, 9.17) is 46.4 Å². The third kappa shape index (κ3) is 1.97. The smallest absolute Gasteiger partial charge is 0.218 e. The van der Waals surface area contributed by atoms with Crippen molar-refractivity contribution < 1.29 is 9.90 Å². The molecule has 0 unspecified atom stereocenters. The number of aliphatic hydroxyl groups is 1. The number of allylic oxidation sites excluding steroid dienone is 2. The number of carbonyl (C=O) groups is 1. The van der Waals surface area contributed by atoms with Crippen LogP contribution < -0.4 is 0 Å². The van der Waals surface area contributed by atoms with Crippen molar-refractivity contribution in [1.29, 1.82) is 0 Å². The van der Waals surface area contributed by atoms with Gasteiger partial charge in [0.1, 0.15) is 15.7 Å².